The molecule has 0 bridgehead atoms. The third-order valence-electron chi connectivity index (χ3n) is 5.20. The van der Waals surface area contributed by atoms with Crippen molar-refractivity contribution in [2.24, 2.45) is 0 Å². The fourth-order valence-electron chi connectivity index (χ4n) is 3.62. The van der Waals surface area contributed by atoms with Gasteiger partial charge in [0.15, 0.2) is 0 Å². The van der Waals surface area contributed by atoms with Crippen LogP contribution in [0.4, 0.5) is 13.2 Å². The molecule has 6 heteroatoms. The van der Waals surface area contributed by atoms with Crippen LogP contribution in [0.15, 0.2) is 58.3 Å². The van der Waals surface area contributed by atoms with Crippen molar-refractivity contribution in [1.29, 1.82) is 0 Å². The van der Waals surface area contributed by atoms with Gasteiger partial charge in [-0.1, -0.05) is 62.7 Å². The second-order valence-electron chi connectivity index (χ2n) is 7.87. The summed E-state index contributed by atoms with van der Waals surface area (Å²) in [5.74, 6) is -0.0524. The number of amides is 1. The van der Waals surface area contributed by atoms with Gasteiger partial charge in [0.25, 0.3) is 0 Å². The van der Waals surface area contributed by atoms with Gasteiger partial charge < -0.3 is 5.32 Å². The van der Waals surface area contributed by atoms with E-state index in [-0.39, 0.29) is 22.8 Å². The van der Waals surface area contributed by atoms with E-state index in [9.17, 15) is 18.0 Å². The number of halogens is 3. The van der Waals surface area contributed by atoms with E-state index in [0.29, 0.717) is 5.56 Å². The molecule has 1 N–H and O–H groups in total. The van der Waals surface area contributed by atoms with Gasteiger partial charge in [0.2, 0.25) is 5.91 Å². The van der Waals surface area contributed by atoms with Crippen LogP contribution in [-0.4, -0.2) is 11.9 Å². The van der Waals surface area contributed by atoms with E-state index >= 15 is 0 Å². The van der Waals surface area contributed by atoms with Crippen molar-refractivity contribution in [2.45, 2.75) is 67.5 Å². The molecule has 160 valence electrons. The van der Waals surface area contributed by atoms with Crippen molar-refractivity contribution in [1.82, 2.24) is 5.32 Å². The number of hydrogen-bond acceptors (Lipinski definition) is 2. The fraction of sp³-hybridized carbons (Fsp3) is 0.375. The second-order valence-corrected chi connectivity index (χ2v) is 8.96. The maximum atomic E-state index is 13.7. The number of alkyl halides is 3. The summed E-state index contributed by atoms with van der Waals surface area (Å²) in [5.41, 5.74) is 0.679. The lowest BCUT2D eigenvalue weighted by atomic mass is 10.0. The topological polar surface area (TPSA) is 29.1 Å². The maximum Gasteiger partial charge on any atom is 0.417 e. The molecule has 2 nitrogen and oxygen atoms in total. The molecule has 1 aliphatic rings. The Kier molecular flexibility index (Phi) is 7.29. The standard InChI is InChI=1S/C24H26F3NOS/c1-16(2)19-9-5-6-10-21(19)30-22-13-11-17(15-20(22)24(25,26)27)12-14-23(29)28-18-7-3-4-8-18/h5-6,9-16,18H,3-4,7-8H2,1-2H3,(H,28,29)/b14-12+. The molecule has 1 saturated carbocycles. The Balaban J connectivity index is 1.82. The number of benzene rings is 2. The first-order valence-electron chi connectivity index (χ1n) is 10.2. The van der Waals surface area contributed by atoms with E-state index in [2.05, 4.69) is 5.32 Å². The summed E-state index contributed by atoms with van der Waals surface area (Å²) in [7, 11) is 0. The van der Waals surface area contributed by atoms with E-state index in [1.54, 1.807) is 6.07 Å². The van der Waals surface area contributed by atoms with Gasteiger partial charge >= 0.3 is 6.18 Å². The molecule has 1 fully saturated rings. The third-order valence-corrected chi connectivity index (χ3v) is 6.37. The Bertz CT molecular complexity index is 915. The number of carbonyl (C=O) groups excluding carboxylic acids is 1. The number of hydrogen-bond donors (Lipinski definition) is 1. The summed E-state index contributed by atoms with van der Waals surface area (Å²) in [6.07, 6.45) is 2.39. The Hall–Kier alpha value is -2.21. The van der Waals surface area contributed by atoms with Crippen LogP contribution in [0.5, 0.6) is 0 Å². The zero-order chi connectivity index (χ0) is 21.7. The first kappa shape index (κ1) is 22.5. The predicted molar refractivity (Wildman–Crippen MR) is 116 cm³/mol. The van der Waals surface area contributed by atoms with Gasteiger partial charge in [-0.05, 0) is 54.2 Å². The maximum absolute atomic E-state index is 13.7. The van der Waals surface area contributed by atoms with Gasteiger partial charge in [0, 0.05) is 21.9 Å². The first-order chi connectivity index (χ1) is 14.2. The van der Waals surface area contributed by atoms with E-state index in [4.69, 9.17) is 0 Å². The molecule has 0 saturated heterocycles. The zero-order valence-corrected chi connectivity index (χ0v) is 17.9. The number of rotatable bonds is 6. The largest absolute Gasteiger partial charge is 0.417 e. The summed E-state index contributed by atoms with van der Waals surface area (Å²) in [6, 6.07) is 11.9. The molecule has 0 radical (unpaired) electrons. The Morgan fingerprint density at radius 3 is 2.47 bits per heavy atom. The summed E-state index contributed by atoms with van der Waals surface area (Å²) in [4.78, 5) is 13.0. The lowest BCUT2D eigenvalue weighted by Crippen LogP contribution is -2.30. The molecule has 2 aromatic carbocycles. The van der Waals surface area contributed by atoms with E-state index in [1.807, 2.05) is 38.1 Å². The molecule has 0 heterocycles. The summed E-state index contributed by atoms with van der Waals surface area (Å²) in [6.45, 7) is 4.04. The quantitative estimate of drug-likeness (QED) is 0.495. The molecule has 0 atom stereocenters. The molecular formula is C24H26F3NOS. The van der Waals surface area contributed by atoms with Gasteiger partial charge in [0.1, 0.15) is 0 Å². The second kappa shape index (κ2) is 9.73. The minimum absolute atomic E-state index is 0.156. The Labute approximate surface area is 180 Å². The molecule has 0 spiro atoms. The van der Waals surface area contributed by atoms with Gasteiger partial charge in [-0.25, -0.2) is 0 Å². The van der Waals surface area contributed by atoms with Crippen LogP contribution < -0.4 is 5.32 Å². The first-order valence-corrected chi connectivity index (χ1v) is 11.0. The van der Waals surface area contributed by atoms with Crippen molar-refractivity contribution < 1.29 is 18.0 Å². The Morgan fingerprint density at radius 1 is 1.10 bits per heavy atom. The monoisotopic (exact) mass is 433 g/mol. The third kappa shape index (κ3) is 5.91. The van der Waals surface area contributed by atoms with Crippen LogP contribution in [0, 0.1) is 0 Å². The van der Waals surface area contributed by atoms with Crippen molar-refractivity contribution in [3.8, 4) is 0 Å². The van der Waals surface area contributed by atoms with Crippen LogP contribution in [0.1, 0.15) is 62.1 Å². The lowest BCUT2D eigenvalue weighted by molar-refractivity contribution is -0.139. The molecule has 0 unspecified atom stereocenters. The van der Waals surface area contributed by atoms with Crippen LogP contribution in [0.25, 0.3) is 6.08 Å². The number of carbonyl (C=O) groups is 1. The molecule has 1 aliphatic carbocycles. The average Bonchev–Trinajstić information content (AvgIpc) is 3.19. The SMILES string of the molecule is CC(C)c1ccccc1Sc1ccc(/C=C/C(=O)NC2CCCC2)cc1C(F)(F)F. The highest BCUT2D eigenvalue weighted by molar-refractivity contribution is 7.99. The van der Waals surface area contributed by atoms with Crippen molar-refractivity contribution in [3.05, 3.63) is 65.2 Å². The molecule has 1 amide bonds. The highest BCUT2D eigenvalue weighted by Crippen LogP contribution is 2.42. The lowest BCUT2D eigenvalue weighted by Gasteiger charge is -2.16. The summed E-state index contributed by atoms with van der Waals surface area (Å²) >= 11 is 1.13. The van der Waals surface area contributed by atoms with Crippen molar-refractivity contribution in [3.63, 3.8) is 0 Å². The van der Waals surface area contributed by atoms with Gasteiger partial charge in [-0.2, -0.15) is 13.2 Å². The van der Waals surface area contributed by atoms with E-state index < -0.39 is 11.7 Å². The van der Waals surface area contributed by atoms with Crippen molar-refractivity contribution >= 4 is 23.7 Å². The Morgan fingerprint density at radius 2 is 1.80 bits per heavy atom. The average molecular weight is 434 g/mol. The summed E-state index contributed by atoms with van der Waals surface area (Å²) in [5, 5.41) is 2.90. The molecule has 0 aliphatic heterocycles. The minimum atomic E-state index is -4.48. The van der Waals surface area contributed by atoms with Crippen LogP contribution in [0.3, 0.4) is 0 Å². The fourth-order valence-corrected chi connectivity index (χ4v) is 4.85. The highest BCUT2D eigenvalue weighted by atomic mass is 32.2. The van der Waals surface area contributed by atoms with Crippen LogP contribution in [0.2, 0.25) is 0 Å². The molecule has 30 heavy (non-hydrogen) atoms. The van der Waals surface area contributed by atoms with Crippen LogP contribution >= 0.6 is 11.8 Å². The molecular weight excluding hydrogens is 407 g/mol. The van der Waals surface area contributed by atoms with Gasteiger partial charge in [0.05, 0.1) is 5.56 Å². The van der Waals surface area contributed by atoms with Gasteiger partial charge in [-0.15, -0.1) is 0 Å². The zero-order valence-electron chi connectivity index (χ0n) is 17.1. The normalized spacial score (nSPS) is 15.3. The minimum Gasteiger partial charge on any atom is -0.350 e. The molecule has 3 rings (SSSR count). The highest BCUT2D eigenvalue weighted by Gasteiger charge is 2.34. The van der Waals surface area contributed by atoms with Gasteiger partial charge in [-0.3, -0.25) is 4.79 Å². The molecule has 0 aromatic heterocycles. The van der Waals surface area contributed by atoms with E-state index in [1.165, 1.54) is 18.2 Å². The predicted octanol–water partition coefficient (Wildman–Crippen LogP) is 7.05. The smallest absolute Gasteiger partial charge is 0.350 e. The van der Waals surface area contributed by atoms with E-state index in [0.717, 1.165) is 54.0 Å². The number of nitrogens with one attached hydrogen (secondary N) is 1. The molecule has 2 aromatic rings. The van der Waals surface area contributed by atoms with Crippen molar-refractivity contribution in [2.75, 3.05) is 0 Å². The van der Waals surface area contributed by atoms with Crippen LogP contribution in [-0.2, 0) is 11.0 Å². The summed E-state index contributed by atoms with van der Waals surface area (Å²) < 4.78 is 41.2.